The van der Waals surface area contributed by atoms with E-state index in [0.29, 0.717) is 37.3 Å². The van der Waals surface area contributed by atoms with Crippen molar-refractivity contribution in [3.8, 4) is 0 Å². The molecule has 3 N–H and O–H groups in total. The van der Waals surface area contributed by atoms with E-state index in [-0.39, 0.29) is 23.6 Å². The van der Waals surface area contributed by atoms with Crippen molar-refractivity contribution in [2.45, 2.75) is 25.7 Å². The first-order valence-electron chi connectivity index (χ1n) is 8.59. The van der Waals surface area contributed by atoms with E-state index in [1.165, 1.54) is 0 Å². The van der Waals surface area contributed by atoms with Crippen molar-refractivity contribution in [2.75, 3.05) is 26.2 Å². The van der Waals surface area contributed by atoms with Crippen LogP contribution in [0.1, 0.15) is 41.6 Å². The number of nitrogen functional groups attached to an aromatic ring is 1. The summed E-state index contributed by atoms with van der Waals surface area (Å²) in [7, 11) is 0. The third-order valence-electron chi connectivity index (χ3n) is 5.03. The molecule has 1 saturated carbocycles. The number of nitrogens with one attached hydrogen (secondary N) is 1. The third kappa shape index (κ3) is 3.42. The Morgan fingerprint density at radius 3 is 1.96 bits per heavy atom. The normalized spacial score (nSPS) is 18.7. The largest absolute Gasteiger partial charge is 0.384 e. The molecule has 0 radical (unpaired) electrons. The number of carbonyl (C=O) groups is 2. The number of benzene rings is 1. The second kappa shape index (κ2) is 7.03. The lowest BCUT2D eigenvalue weighted by molar-refractivity contribution is -0.136. The lowest BCUT2D eigenvalue weighted by Gasteiger charge is -2.36. The summed E-state index contributed by atoms with van der Waals surface area (Å²) in [6, 6.07) is 6.79. The van der Waals surface area contributed by atoms with E-state index < -0.39 is 0 Å². The molecule has 1 aromatic rings. The average molecular weight is 328 g/mol. The third-order valence-corrected chi connectivity index (χ3v) is 5.03. The highest BCUT2D eigenvalue weighted by molar-refractivity contribution is 5.98. The molecule has 0 atom stereocenters. The Bertz CT molecular complexity index is 627. The van der Waals surface area contributed by atoms with Gasteiger partial charge in [-0.3, -0.25) is 15.0 Å². The Labute approximate surface area is 142 Å². The minimum atomic E-state index is -0.0296. The molecule has 128 valence electrons. The summed E-state index contributed by atoms with van der Waals surface area (Å²) in [6.45, 7) is 2.39. The van der Waals surface area contributed by atoms with Crippen molar-refractivity contribution >= 4 is 17.6 Å². The summed E-state index contributed by atoms with van der Waals surface area (Å²) >= 11 is 0. The van der Waals surface area contributed by atoms with E-state index >= 15 is 0 Å². The van der Waals surface area contributed by atoms with Crippen LogP contribution in [-0.2, 0) is 4.79 Å². The second-order valence-electron chi connectivity index (χ2n) is 6.59. The Morgan fingerprint density at radius 2 is 1.42 bits per heavy atom. The first-order chi connectivity index (χ1) is 11.6. The molecule has 1 aliphatic heterocycles. The molecule has 3 rings (SSSR count). The van der Waals surface area contributed by atoms with E-state index in [1.807, 2.05) is 4.90 Å². The number of amidine groups is 1. The van der Waals surface area contributed by atoms with Crippen LogP contribution in [0.2, 0.25) is 0 Å². The molecule has 6 nitrogen and oxygen atoms in total. The van der Waals surface area contributed by atoms with Gasteiger partial charge in [0.15, 0.2) is 0 Å². The molecule has 1 aromatic carbocycles. The summed E-state index contributed by atoms with van der Waals surface area (Å²) in [5, 5.41) is 7.39. The molecule has 1 heterocycles. The van der Waals surface area contributed by atoms with Crippen LogP contribution in [0.3, 0.4) is 0 Å². The van der Waals surface area contributed by atoms with Crippen molar-refractivity contribution in [3.05, 3.63) is 35.4 Å². The fourth-order valence-electron chi connectivity index (χ4n) is 3.54. The Kier molecular flexibility index (Phi) is 4.83. The number of carbonyl (C=O) groups excluding carboxylic acids is 2. The molecular formula is C18H24N4O2. The van der Waals surface area contributed by atoms with Crippen molar-refractivity contribution in [2.24, 2.45) is 11.7 Å². The van der Waals surface area contributed by atoms with Crippen molar-refractivity contribution in [1.82, 2.24) is 9.80 Å². The van der Waals surface area contributed by atoms with Gasteiger partial charge in [-0.05, 0) is 25.0 Å². The number of hydrogen-bond acceptors (Lipinski definition) is 3. The van der Waals surface area contributed by atoms with E-state index in [0.717, 1.165) is 25.7 Å². The minimum Gasteiger partial charge on any atom is -0.384 e. The van der Waals surface area contributed by atoms with Crippen molar-refractivity contribution < 1.29 is 9.59 Å². The van der Waals surface area contributed by atoms with Crippen LogP contribution < -0.4 is 5.73 Å². The molecule has 2 aliphatic rings. The number of amides is 2. The maximum absolute atomic E-state index is 12.6. The van der Waals surface area contributed by atoms with Gasteiger partial charge in [-0.1, -0.05) is 25.0 Å². The zero-order chi connectivity index (χ0) is 17.1. The quantitative estimate of drug-likeness (QED) is 0.650. The van der Waals surface area contributed by atoms with Gasteiger partial charge in [0.1, 0.15) is 5.84 Å². The summed E-state index contributed by atoms with van der Waals surface area (Å²) in [5.74, 6) is 0.433. The Balaban J connectivity index is 1.56. The maximum atomic E-state index is 12.6. The van der Waals surface area contributed by atoms with Gasteiger partial charge in [0.05, 0.1) is 0 Å². The fourth-order valence-corrected chi connectivity index (χ4v) is 3.54. The van der Waals surface area contributed by atoms with Crippen LogP contribution in [0.15, 0.2) is 24.3 Å². The van der Waals surface area contributed by atoms with Gasteiger partial charge >= 0.3 is 0 Å². The molecular weight excluding hydrogens is 304 g/mol. The number of hydrogen-bond donors (Lipinski definition) is 2. The minimum absolute atomic E-state index is 0.00645. The first-order valence-corrected chi connectivity index (χ1v) is 8.59. The molecule has 0 spiro atoms. The number of piperazine rings is 1. The van der Waals surface area contributed by atoms with Crippen molar-refractivity contribution in [3.63, 3.8) is 0 Å². The first kappa shape index (κ1) is 16.5. The van der Waals surface area contributed by atoms with Gasteiger partial charge in [0, 0.05) is 43.2 Å². The van der Waals surface area contributed by atoms with Crippen LogP contribution in [0.25, 0.3) is 0 Å². The zero-order valence-electron chi connectivity index (χ0n) is 13.8. The van der Waals surface area contributed by atoms with Gasteiger partial charge < -0.3 is 15.5 Å². The predicted octanol–water partition coefficient (Wildman–Crippen LogP) is 1.45. The molecule has 1 saturated heterocycles. The van der Waals surface area contributed by atoms with Crippen LogP contribution >= 0.6 is 0 Å². The maximum Gasteiger partial charge on any atom is 0.253 e. The monoisotopic (exact) mass is 328 g/mol. The fraction of sp³-hybridized carbons (Fsp3) is 0.500. The SMILES string of the molecule is N=C(N)c1ccc(C(=O)N2CCN(C(=O)C3CCCC3)CC2)cc1. The standard InChI is InChI=1S/C18H24N4O2/c19-16(20)13-5-7-15(8-6-13)18(24)22-11-9-21(10-12-22)17(23)14-3-1-2-4-14/h5-8,14H,1-4,9-12H2,(H3,19,20). The number of nitrogens with two attached hydrogens (primary N) is 1. The van der Waals surface area contributed by atoms with Crippen LogP contribution in [0, 0.1) is 11.3 Å². The molecule has 2 fully saturated rings. The molecule has 0 aromatic heterocycles. The van der Waals surface area contributed by atoms with Crippen LogP contribution in [0.5, 0.6) is 0 Å². The topological polar surface area (TPSA) is 90.5 Å². The average Bonchev–Trinajstić information content (AvgIpc) is 3.15. The lowest BCUT2D eigenvalue weighted by Crippen LogP contribution is -2.51. The molecule has 0 unspecified atom stereocenters. The van der Waals surface area contributed by atoms with Crippen molar-refractivity contribution in [1.29, 1.82) is 5.41 Å². The van der Waals surface area contributed by atoms with Gasteiger partial charge in [-0.15, -0.1) is 0 Å². The van der Waals surface area contributed by atoms with E-state index in [4.69, 9.17) is 11.1 Å². The highest BCUT2D eigenvalue weighted by atomic mass is 16.2. The van der Waals surface area contributed by atoms with Gasteiger partial charge in [0.25, 0.3) is 5.91 Å². The van der Waals surface area contributed by atoms with Crippen LogP contribution in [-0.4, -0.2) is 53.6 Å². The summed E-state index contributed by atoms with van der Waals surface area (Å²) in [4.78, 5) is 28.7. The summed E-state index contributed by atoms with van der Waals surface area (Å²) in [5.41, 5.74) is 6.63. The van der Waals surface area contributed by atoms with E-state index in [9.17, 15) is 9.59 Å². The predicted molar refractivity (Wildman–Crippen MR) is 91.9 cm³/mol. The Morgan fingerprint density at radius 1 is 0.917 bits per heavy atom. The molecule has 1 aliphatic carbocycles. The van der Waals surface area contributed by atoms with E-state index in [2.05, 4.69) is 0 Å². The Hall–Kier alpha value is -2.37. The molecule has 0 bridgehead atoms. The molecule has 6 heteroatoms. The zero-order valence-corrected chi connectivity index (χ0v) is 13.8. The summed E-state index contributed by atoms with van der Waals surface area (Å²) in [6.07, 6.45) is 4.34. The number of rotatable bonds is 3. The molecule has 24 heavy (non-hydrogen) atoms. The van der Waals surface area contributed by atoms with E-state index in [1.54, 1.807) is 29.2 Å². The summed E-state index contributed by atoms with van der Waals surface area (Å²) < 4.78 is 0. The number of nitrogens with zero attached hydrogens (tertiary/aromatic N) is 2. The molecule has 2 amide bonds. The lowest BCUT2D eigenvalue weighted by atomic mass is 10.1. The van der Waals surface area contributed by atoms with Gasteiger partial charge in [-0.2, -0.15) is 0 Å². The second-order valence-corrected chi connectivity index (χ2v) is 6.59. The van der Waals surface area contributed by atoms with Gasteiger partial charge in [0.2, 0.25) is 5.91 Å². The smallest absolute Gasteiger partial charge is 0.253 e. The highest BCUT2D eigenvalue weighted by Gasteiger charge is 2.30. The van der Waals surface area contributed by atoms with Gasteiger partial charge in [-0.25, -0.2) is 0 Å². The highest BCUT2D eigenvalue weighted by Crippen LogP contribution is 2.27. The van der Waals surface area contributed by atoms with Crippen LogP contribution in [0.4, 0.5) is 0 Å².